The lowest BCUT2D eigenvalue weighted by Gasteiger charge is -2.43. The van der Waals surface area contributed by atoms with E-state index in [9.17, 15) is 9.59 Å². The zero-order chi connectivity index (χ0) is 20.0. The number of carbonyl (C=O) groups is 2. The maximum Gasteiger partial charge on any atom is 0.320 e. The lowest BCUT2D eigenvalue weighted by molar-refractivity contribution is -0.139. The Bertz CT molecular complexity index is 937. The van der Waals surface area contributed by atoms with Gasteiger partial charge in [-0.25, -0.2) is 4.79 Å². The molecule has 1 N–H and O–H groups in total. The van der Waals surface area contributed by atoms with E-state index in [1.807, 2.05) is 34.2 Å². The van der Waals surface area contributed by atoms with E-state index in [0.717, 1.165) is 41.1 Å². The number of hydrogen-bond acceptors (Lipinski definition) is 4. The first-order chi connectivity index (χ1) is 14.1. The number of ketones is 1. The minimum absolute atomic E-state index is 0.0862. The quantitative estimate of drug-likeness (QED) is 0.776. The second-order valence-corrected chi connectivity index (χ2v) is 8.64. The molecule has 2 amide bonds. The summed E-state index contributed by atoms with van der Waals surface area (Å²) in [4.78, 5) is 34.2. The molecule has 4 heterocycles. The van der Waals surface area contributed by atoms with Crippen molar-refractivity contribution in [1.29, 1.82) is 0 Å². The Kier molecular flexibility index (Phi) is 4.87. The summed E-state index contributed by atoms with van der Waals surface area (Å²) in [6.07, 6.45) is 3.50. The van der Waals surface area contributed by atoms with Crippen molar-refractivity contribution in [3.63, 3.8) is 0 Å². The van der Waals surface area contributed by atoms with Crippen molar-refractivity contribution in [3.05, 3.63) is 29.4 Å². The largest absolute Gasteiger partial charge is 0.370 e. The number of aromatic nitrogens is 1. The van der Waals surface area contributed by atoms with Crippen molar-refractivity contribution in [3.8, 4) is 0 Å². The molecule has 3 aliphatic heterocycles. The number of aromatic amines is 1. The maximum atomic E-state index is 13.0. The number of amides is 2. The summed E-state index contributed by atoms with van der Waals surface area (Å²) >= 11 is 6.17. The van der Waals surface area contributed by atoms with Crippen LogP contribution in [0.15, 0.2) is 24.4 Å². The minimum Gasteiger partial charge on any atom is -0.370 e. The van der Waals surface area contributed by atoms with Crippen LogP contribution in [0.4, 0.5) is 10.5 Å². The van der Waals surface area contributed by atoms with Crippen molar-refractivity contribution in [2.45, 2.75) is 18.9 Å². The zero-order valence-corrected chi connectivity index (χ0v) is 17.0. The van der Waals surface area contributed by atoms with Gasteiger partial charge in [-0.2, -0.15) is 0 Å². The number of H-pyrrole nitrogens is 1. The van der Waals surface area contributed by atoms with Gasteiger partial charge in [-0.05, 0) is 24.6 Å². The number of Topliss-reactive ketones (excluding diaryl/α,β-unsaturated/α-hetero) is 1. The van der Waals surface area contributed by atoms with Gasteiger partial charge in [0.05, 0.1) is 11.8 Å². The average molecular weight is 417 g/mol. The maximum absolute atomic E-state index is 13.0. The topological polar surface area (TPSA) is 68.9 Å². The number of piperazine rings is 1. The predicted molar refractivity (Wildman–Crippen MR) is 112 cm³/mol. The van der Waals surface area contributed by atoms with Gasteiger partial charge in [0.25, 0.3) is 0 Å². The molecule has 29 heavy (non-hydrogen) atoms. The van der Waals surface area contributed by atoms with Crippen LogP contribution in [-0.2, 0) is 9.53 Å². The molecule has 8 heteroatoms. The van der Waals surface area contributed by atoms with Gasteiger partial charge in [0, 0.05) is 73.7 Å². The molecule has 2 aromatic rings. The number of benzene rings is 1. The van der Waals surface area contributed by atoms with Crippen molar-refractivity contribution >= 4 is 40.0 Å². The predicted octanol–water partition coefficient (Wildman–Crippen LogP) is 2.74. The van der Waals surface area contributed by atoms with Crippen LogP contribution in [-0.4, -0.2) is 78.6 Å². The first kappa shape index (κ1) is 18.8. The molecule has 1 aromatic heterocycles. The lowest BCUT2D eigenvalue weighted by atomic mass is 9.88. The summed E-state index contributed by atoms with van der Waals surface area (Å²) in [5.74, 6) is 0.291. The summed E-state index contributed by atoms with van der Waals surface area (Å²) in [5, 5.41) is 1.84. The van der Waals surface area contributed by atoms with Gasteiger partial charge in [0.15, 0.2) is 5.78 Å². The molecule has 0 spiro atoms. The summed E-state index contributed by atoms with van der Waals surface area (Å²) in [5.41, 5.74) is 2.20. The van der Waals surface area contributed by atoms with Crippen LogP contribution in [0.25, 0.3) is 10.9 Å². The van der Waals surface area contributed by atoms with Gasteiger partial charge in [0.2, 0.25) is 0 Å². The van der Waals surface area contributed by atoms with E-state index in [4.69, 9.17) is 16.3 Å². The first-order valence-electron chi connectivity index (χ1n) is 10.3. The normalized spacial score (nSPS) is 25.4. The van der Waals surface area contributed by atoms with E-state index < -0.39 is 0 Å². The third-order valence-corrected chi connectivity index (χ3v) is 6.63. The molecule has 5 rings (SSSR count). The highest BCUT2D eigenvalue weighted by Gasteiger charge is 2.38. The Hall–Kier alpha value is -2.25. The molecule has 7 nitrogen and oxygen atoms in total. The van der Waals surface area contributed by atoms with Crippen LogP contribution in [0.1, 0.15) is 12.8 Å². The van der Waals surface area contributed by atoms with E-state index in [1.165, 1.54) is 0 Å². The van der Waals surface area contributed by atoms with Crippen molar-refractivity contribution < 1.29 is 14.3 Å². The number of rotatable bonds is 1. The molecule has 154 valence electrons. The summed E-state index contributed by atoms with van der Waals surface area (Å²) < 4.78 is 5.65. The second-order valence-electron chi connectivity index (χ2n) is 8.21. The van der Waals surface area contributed by atoms with Gasteiger partial charge < -0.3 is 24.4 Å². The molecular formula is C21H25ClN4O3. The zero-order valence-electron chi connectivity index (χ0n) is 16.3. The Morgan fingerprint density at radius 2 is 1.97 bits per heavy atom. The Morgan fingerprint density at radius 3 is 2.79 bits per heavy atom. The molecule has 3 aliphatic rings. The number of ether oxygens (including phenoxy) is 1. The number of nitrogens with one attached hydrogen (secondary N) is 1. The number of halogens is 1. The van der Waals surface area contributed by atoms with E-state index in [1.54, 1.807) is 0 Å². The smallest absolute Gasteiger partial charge is 0.320 e. The molecule has 0 bridgehead atoms. The van der Waals surface area contributed by atoms with Gasteiger partial charge in [-0.15, -0.1) is 0 Å². The number of nitrogens with zero attached hydrogens (tertiary/aromatic N) is 3. The van der Waals surface area contributed by atoms with Crippen LogP contribution in [0.2, 0.25) is 5.02 Å². The molecule has 2 atom stereocenters. The number of anilines is 1. The fraction of sp³-hybridized carbons (Fsp3) is 0.524. The summed E-state index contributed by atoms with van der Waals surface area (Å²) in [6.45, 7) is 4.50. The Balaban J connectivity index is 1.22. The highest BCUT2D eigenvalue weighted by molar-refractivity contribution is 6.31. The number of urea groups is 1. The number of fused-ring (bicyclic) bond motifs is 2. The first-order valence-corrected chi connectivity index (χ1v) is 10.6. The molecule has 3 fully saturated rings. The highest BCUT2D eigenvalue weighted by Crippen LogP contribution is 2.31. The summed E-state index contributed by atoms with van der Waals surface area (Å²) in [7, 11) is 0. The van der Waals surface area contributed by atoms with Crippen LogP contribution < -0.4 is 4.90 Å². The molecule has 3 saturated heterocycles. The fourth-order valence-electron chi connectivity index (χ4n) is 4.83. The van der Waals surface area contributed by atoms with Crippen molar-refractivity contribution in [2.75, 3.05) is 50.8 Å². The molecular weight excluding hydrogens is 392 g/mol. The molecule has 0 unspecified atom stereocenters. The number of likely N-dealkylation sites (tertiary alicyclic amines) is 1. The second kappa shape index (κ2) is 7.54. The van der Waals surface area contributed by atoms with Crippen molar-refractivity contribution in [2.24, 2.45) is 5.92 Å². The van der Waals surface area contributed by atoms with E-state index in [0.29, 0.717) is 32.6 Å². The van der Waals surface area contributed by atoms with E-state index >= 15 is 0 Å². The monoisotopic (exact) mass is 416 g/mol. The number of carbonyl (C=O) groups excluding carboxylic acids is 2. The lowest BCUT2D eigenvalue weighted by Crippen LogP contribution is -2.57. The Labute approximate surface area is 174 Å². The Morgan fingerprint density at radius 1 is 1.14 bits per heavy atom. The van der Waals surface area contributed by atoms with Gasteiger partial charge in [-0.1, -0.05) is 11.6 Å². The van der Waals surface area contributed by atoms with Gasteiger partial charge in [0.1, 0.15) is 6.61 Å². The third kappa shape index (κ3) is 3.57. The third-order valence-electron chi connectivity index (χ3n) is 6.40. The summed E-state index contributed by atoms with van der Waals surface area (Å²) in [6, 6.07) is 5.94. The fourth-order valence-corrected chi connectivity index (χ4v) is 5.00. The van der Waals surface area contributed by atoms with Crippen LogP contribution in [0.3, 0.4) is 0 Å². The van der Waals surface area contributed by atoms with Crippen LogP contribution >= 0.6 is 11.6 Å². The van der Waals surface area contributed by atoms with E-state index in [-0.39, 0.29) is 30.4 Å². The van der Waals surface area contributed by atoms with E-state index in [2.05, 4.69) is 9.88 Å². The number of hydrogen-bond donors (Lipinski definition) is 1. The average Bonchev–Trinajstić information content (AvgIpc) is 3.16. The highest BCUT2D eigenvalue weighted by atomic mass is 35.5. The van der Waals surface area contributed by atoms with Crippen LogP contribution in [0, 0.1) is 5.92 Å². The SMILES string of the molecule is O=C1CO[C@H]2CCN(C(=O)N3CCN(c4c[nH]c5ccc(Cl)cc45)CC3)C[C@H]2C1. The minimum atomic E-state index is 0.0862. The van der Waals surface area contributed by atoms with Gasteiger partial charge >= 0.3 is 6.03 Å². The molecule has 1 aromatic carbocycles. The van der Waals surface area contributed by atoms with Gasteiger partial charge in [-0.3, -0.25) is 4.79 Å². The molecule has 0 saturated carbocycles. The molecule has 0 radical (unpaired) electrons. The molecule has 0 aliphatic carbocycles. The standard InChI is InChI=1S/C21H25ClN4O3/c22-15-1-2-18-17(10-15)19(11-23-18)24-5-7-25(8-6-24)21(28)26-4-3-20-14(12-26)9-16(27)13-29-20/h1-2,10-11,14,20,23H,3-9,12-13H2/t14-,20+/m1/s1. The van der Waals surface area contributed by atoms with Crippen molar-refractivity contribution in [1.82, 2.24) is 14.8 Å². The number of piperidine rings is 1. The van der Waals surface area contributed by atoms with Crippen LogP contribution in [0.5, 0.6) is 0 Å².